The lowest BCUT2D eigenvalue weighted by molar-refractivity contribution is 0.0801. The molecule has 1 aromatic carbocycles. The predicted molar refractivity (Wildman–Crippen MR) is 82.7 cm³/mol. The van der Waals surface area contributed by atoms with Crippen LogP contribution in [-0.4, -0.2) is 20.1 Å². The monoisotopic (exact) mass is 315 g/mol. The summed E-state index contributed by atoms with van der Waals surface area (Å²) in [5.41, 5.74) is -0.263. The fourth-order valence-electron chi connectivity index (χ4n) is 2.54. The van der Waals surface area contributed by atoms with Gasteiger partial charge < -0.3 is 5.11 Å². The second-order valence-electron chi connectivity index (χ2n) is 5.89. The first kappa shape index (κ1) is 15.4. The number of aliphatic hydroxyl groups is 1. The van der Waals surface area contributed by atoms with E-state index in [1.54, 1.807) is 32.9 Å². The van der Waals surface area contributed by atoms with Crippen molar-refractivity contribution in [2.45, 2.75) is 26.4 Å². The van der Waals surface area contributed by atoms with Crippen LogP contribution in [0.25, 0.3) is 22.2 Å². The van der Waals surface area contributed by atoms with Crippen molar-refractivity contribution in [2.75, 3.05) is 0 Å². The van der Waals surface area contributed by atoms with Crippen LogP contribution in [0.15, 0.2) is 30.6 Å². The van der Waals surface area contributed by atoms with Gasteiger partial charge in [-0.2, -0.15) is 0 Å². The van der Waals surface area contributed by atoms with E-state index in [-0.39, 0.29) is 16.8 Å². The average molecular weight is 315 g/mol. The Morgan fingerprint density at radius 2 is 1.83 bits per heavy atom. The van der Waals surface area contributed by atoms with Crippen molar-refractivity contribution in [1.82, 2.24) is 15.0 Å². The maximum Gasteiger partial charge on any atom is 0.167 e. The van der Waals surface area contributed by atoms with Crippen LogP contribution < -0.4 is 0 Å². The molecule has 3 aromatic rings. The minimum Gasteiger partial charge on any atom is -0.386 e. The number of benzene rings is 1. The Bertz CT molecular complexity index is 904. The van der Waals surface area contributed by atoms with Gasteiger partial charge in [-0.05, 0) is 44.5 Å². The molecule has 3 rings (SSSR count). The van der Waals surface area contributed by atoms with E-state index in [1.807, 2.05) is 0 Å². The first-order chi connectivity index (χ1) is 10.8. The molecular weight excluding hydrogens is 300 g/mol. The number of halogens is 2. The summed E-state index contributed by atoms with van der Waals surface area (Å²) in [6, 6.07) is 4.39. The van der Waals surface area contributed by atoms with Gasteiger partial charge in [0, 0.05) is 17.1 Å². The number of fused-ring (bicyclic) bond motifs is 1. The summed E-state index contributed by atoms with van der Waals surface area (Å²) in [5.74, 6) is -0.849. The number of rotatable bonds is 2. The van der Waals surface area contributed by atoms with Crippen molar-refractivity contribution in [2.24, 2.45) is 0 Å². The van der Waals surface area contributed by atoms with E-state index in [1.165, 1.54) is 12.3 Å². The van der Waals surface area contributed by atoms with Crippen molar-refractivity contribution in [1.29, 1.82) is 0 Å². The molecule has 0 saturated carbocycles. The molecule has 0 amide bonds. The fourth-order valence-corrected chi connectivity index (χ4v) is 2.54. The Kier molecular flexibility index (Phi) is 3.56. The van der Waals surface area contributed by atoms with Crippen molar-refractivity contribution in [3.8, 4) is 11.3 Å². The maximum atomic E-state index is 14.4. The maximum absolute atomic E-state index is 14.4. The van der Waals surface area contributed by atoms with Gasteiger partial charge in [-0.1, -0.05) is 0 Å². The minimum atomic E-state index is -1.19. The summed E-state index contributed by atoms with van der Waals surface area (Å²) in [6.07, 6.45) is 2.49. The van der Waals surface area contributed by atoms with Gasteiger partial charge in [0.1, 0.15) is 22.9 Å². The van der Waals surface area contributed by atoms with Gasteiger partial charge in [-0.3, -0.25) is 4.98 Å². The molecule has 0 bridgehead atoms. The molecule has 1 N–H and O–H groups in total. The minimum absolute atomic E-state index is 0.0175. The van der Waals surface area contributed by atoms with E-state index in [4.69, 9.17) is 0 Å². The smallest absolute Gasteiger partial charge is 0.167 e. The summed E-state index contributed by atoms with van der Waals surface area (Å²) >= 11 is 0. The summed E-state index contributed by atoms with van der Waals surface area (Å²) < 4.78 is 28.4. The first-order valence-electron chi connectivity index (χ1n) is 7.08. The Morgan fingerprint density at radius 3 is 2.52 bits per heavy atom. The molecule has 4 nitrogen and oxygen atoms in total. The summed E-state index contributed by atoms with van der Waals surface area (Å²) in [7, 11) is 0. The molecule has 6 heteroatoms. The van der Waals surface area contributed by atoms with Crippen LogP contribution in [0.3, 0.4) is 0 Å². The van der Waals surface area contributed by atoms with Gasteiger partial charge in [0.2, 0.25) is 0 Å². The number of hydrogen-bond donors (Lipinski definition) is 1. The fraction of sp³-hybridized carbons (Fsp3) is 0.235. The molecule has 0 aliphatic heterocycles. The molecule has 0 aliphatic carbocycles. The second kappa shape index (κ2) is 5.31. The summed E-state index contributed by atoms with van der Waals surface area (Å²) in [6.45, 7) is 4.83. The Morgan fingerprint density at radius 1 is 1.09 bits per heavy atom. The molecule has 2 aromatic heterocycles. The van der Waals surface area contributed by atoms with Gasteiger partial charge >= 0.3 is 0 Å². The molecule has 0 aliphatic rings. The molecule has 0 unspecified atom stereocenters. The van der Waals surface area contributed by atoms with Crippen LogP contribution in [0, 0.1) is 18.6 Å². The molecule has 0 atom stereocenters. The first-order valence-corrected chi connectivity index (χ1v) is 7.08. The van der Waals surface area contributed by atoms with E-state index in [9.17, 15) is 13.9 Å². The Balaban J connectivity index is 2.35. The standard InChI is InChI=1S/C17H15F2N3O/c1-9-21-8-14(19)15(22-9)10-6-11-12(17(2,3)23)4-5-20-16(11)13(18)7-10/h4-8,23H,1-3H3. The summed E-state index contributed by atoms with van der Waals surface area (Å²) in [4.78, 5) is 11.8. The van der Waals surface area contributed by atoms with Crippen molar-refractivity contribution < 1.29 is 13.9 Å². The zero-order chi connectivity index (χ0) is 16.8. The summed E-state index contributed by atoms with van der Waals surface area (Å²) in [5, 5.41) is 10.7. The van der Waals surface area contributed by atoms with Gasteiger partial charge in [0.15, 0.2) is 5.82 Å². The lowest BCUT2D eigenvalue weighted by atomic mass is 9.93. The third kappa shape index (κ3) is 2.77. The number of pyridine rings is 1. The highest BCUT2D eigenvalue weighted by Gasteiger charge is 2.22. The highest BCUT2D eigenvalue weighted by Crippen LogP contribution is 2.32. The lowest BCUT2D eigenvalue weighted by Gasteiger charge is -2.20. The molecule has 2 heterocycles. The lowest BCUT2D eigenvalue weighted by Crippen LogP contribution is -2.16. The zero-order valence-electron chi connectivity index (χ0n) is 12.9. The van der Waals surface area contributed by atoms with E-state index in [0.29, 0.717) is 16.8 Å². The van der Waals surface area contributed by atoms with Crippen LogP contribution in [0.2, 0.25) is 0 Å². The molecule has 23 heavy (non-hydrogen) atoms. The van der Waals surface area contributed by atoms with Gasteiger partial charge in [-0.15, -0.1) is 0 Å². The number of aryl methyl sites for hydroxylation is 1. The third-order valence-electron chi connectivity index (χ3n) is 3.60. The van der Waals surface area contributed by atoms with Crippen LogP contribution in [0.1, 0.15) is 25.2 Å². The highest BCUT2D eigenvalue weighted by atomic mass is 19.1. The third-order valence-corrected chi connectivity index (χ3v) is 3.60. The Hall–Kier alpha value is -2.47. The average Bonchev–Trinajstić information content (AvgIpc) is 2.48. The van der Waals surface area contributed by atoms with Crippen molar-refractivity contribution >= 4 is 10.9 Å². The van der Waals surface area contributed by atoms with Gasteiger partial charge in [0.25, 0.3) is 0 Å². The van der Waals surface area contributed by atoms with Crippen molar-refractivity contribution in [3.63, 3.8) is 0 Å². The van der Waals surface area contributed by atoms with Crippen LogP contribution in [0.5, 0.6) is 0 Å². The molecule has 118 valence electrons. The van der Waals surface area contributed by atoms with Crippen molar-refractivity contribution in [3.05, 3.63) is 53.6 Å². The van der Waals surface area contributed by atoms with Crippen LogP contribution >= 0.6 is 0 Å². The topological polar surface area (TPSA) is 58.9 Å². The number of hydrogen-bond acceptors (Lipinski definition) is 4. The molecule has 0 radical (unpaired) electrons. The largest absolute Gasteiger partial charge is 0.386 e. The molecular formula is C17H15F2N3O. The molecule has 0 saturated heterocycles. The highest BCUT2D eigenvalue weighted by molar-refractivity contribution is 5.87. The number of nitrogens with zero attached hydrogens (tertiary/aromatic N) is 3. The predicted octanol–water partition coefficient (Wildman–Crippen LogP) is 3.51. The zero-order valence-corrected chi connectivity index (χ0v) is 12.9. The SMILES string of the molecule is Cc1ncc(F)c(-c2cc(F)c3nccc(C(C)(C)O)c3c2)n1. The Labute approximate surface area is 131 Å². The van der Waals surface area contributed by atoms with Crippen LogP contribution in [0.4, 0.5) is 8.78 Å². The normalized spacial score (nSPS) is 11.9. The van der Waals surface area contributed by atoms with E-state index in [2.05, 4.69) is 15.0 Å². The van der Waals surface area contributed by atoms with E-state index >= 15 is 0 Å². The van der Waals surface area contributed by atoms with E-state index < -0.39 is 17.2 Å². The van der Waals surface area contributed by atoms with Gasteiger partial charge in [0.05, 0.1) is 11.8 Å². The van der Waals surface area contributed by atoms with E-state index in [0.717, 1.165) is 6.20 Å². The number of aromatic nitrogens is 3. The van der Waals surface area contributed by atoms with Gasteiger partial charge in [-0.25, -0.2) is 18.7 Å². The quantitative estimate of drug-likeness (QED) is 0.786. The van der Waals surface area contributed by atoms with Crippen LogP contribution in [-0.2, 0) is 5.60 Å². The molecule has 0 fully saturated rings. The second-order valence-corrected chi connectivity index (χ2v) is 5.89. The molecule has 0 spiro atoms.